The van der Waals surface area contributed by atoms with Crippen molar-refractivity contribution in [3.63, 3.8) is 0 Å². The minimum absolute atomic E-state index is 0.223. The van der Waals surface area contributed by atoms with Gasteiger partial charge in [0.2, 0.25) is 5.95 Å². The topological polar surface area (TPSA) is 110 Å². The molecule has 10 nitrogen and oxygen atoms in total. The molecule has 1 atom stereocenters. The van der Waals surface area contributed by atoms with Crippen molar-refractivity contribution in [2.24, 2.45) is 0 Å². The lowest BCUT2D eigenvalue weighted by molar-refractivity contribution is 0.00793. The second-order valence-electron chi connectivity index (χ2n) is 11.4. The van der Waals surface area contributed by atoms with Crippen molar-refractivity contribution in [3.8, 4) is 5.82 Å². The number of fused-ring (bicyclic) bond motifs is 3. The molecule has 1 aromatic carbocycles. The van der Waals surface area contributed by atoms with E-state index in [1.807, 2.05) is 12.1 Å². The predicted octanol–water partition coefficient (Wildman–Crippen LogP) is 3.16. The molecule has 5 heterocycles. The van der Waals surface area contributed by atoms with Crippen LogP contribution >= 0.6 is 0 Å². The minimum atomic E-state index is -1.01. The van der Waals surface area contributed by atoms with E-state index in [1.54, 1.807) is 28.6 Å². The summed E-state index contributed by atoms with van der Waals surface area (Å²) >= 11 is 0. The first-order chi connectivity index (χ1) is 19.3. The summed E-state index contributed by atoms with van der Waals surface area (Å²) in [4.78, 5) is 29.9. The largest absolute Gasteiger partial charge is 0.384 e. The molecule has 0 bridgehead atoms. The van der Waals surface area contributed by atoms with Gasteiger partial charge in [-0.15, -0.1) is 6.58 Å². The molecule has 1 fully saturated rings. The number of pyridine rings is 1. The van der Waals surface area contributed by atoms with E-state index in [0.717, 1.165) is 50.4 Å². The lowest BCUT2D eigenvalue weighted by Crippen LogP contribution is -2.31. The SMILES string of the molecule is C=CCn1c(=O)c2cnc(Nc3cc4c(c(C5COC5)c3)CCN(C)C4)nc2n1-c1ccc2c(n1)[C@](C)(O)CC2. The Morgan fingerprint density at radius 2 is 2.08 bits per heavy atom. The van der Waals surface area contributed by atoms with Gasteiger partial charge in [-0.05, 0) is 73.7 Å². The lowest BCUT2D eigenvalue weighted by atomic mass is 9.86. The highest BCUT2D eigenvalue weighted by Gasteiger charge is 2.34. The number of aryl methyl sites for hydroxylation is 1. The number of anilines is 2. The zero-order valence-corrected chi connectivity index (χ0v) is 22.9. The van der Waals surface area contributed by atoms with E-state index in [0.29, 0.717) is 40.8 Å². The summed E-state index contributed by atoms with van der Waals surface area (Å²) in [5.74, 6) is 1.32. The number of rotatable bonds is 6. The Labute approximate surface area is 231 Å². The molecule has 4 aromatic rings. The lowest BCUT2D eigenvalue weighted by Gasteiger charge is -2.33. The fraction of sp³-hybridized carbons (Fsp3) is 0.400. The van der Waals surface area contributed by atoms with Crippen LogP contribution in [0.5, 0.6) is 0 Å². The van der Waals surface area contributed by atoms with Gasteiger partial charge in [-0.2, -0.15) is 4.98 Å². The molecule has 2 N–H and O–H groups in total. The first kappa shape index (κ1) is 25.1. The third kappa shape index (κ3) is 4.06. The maximum atomic E-state index is 13.4. The number of benzene rings is 1. The molecule has 3 aliphatic rings. The van der Waals surface area contributed by atoms with Crippen molar-refractivity contribution < 1.29 is 9.84 Å². The summed E-state index contributed by atoms with van der Waals surface area (Å²) in [6.45, 7) is 9.33. The Balaban J connectivity index is 1.33. The van der Waals surface area contributed by atoms with E-state index in [4.69, 9.17) is 14.7 Å². The summed E-state index contributed by atoms with van der Waals surface area (Å²) in [6, 6.07) is 8.23. The first-order valence-corrected chi connectivity index (χ1v) is 13.8. The van der Waals surface area contributed by atoms with E-state index in [1.165, 1.54) is 16.7 Å². The van der Waals surface area contributed by atoms with Gasteiger partial charge in [0.1, 0.15) is 11.0 Å². The molecule has 0 amide bonds. The van der Waals surface area contributed by atoms with Crippen molar-refractivity contribution in [1.82, 2.24) is 29.2 Å². The number of aliphatic hydroxyl groups is 1. The van der Waals surface area contributed by atoms with Crippen molar-refractivity contribution >= 4 is 22.7 Å². The van der Waals surface area contributed by atoms with Crippen LogP contribution in [0.3, 0.4) is 0 Å². The molecular formula is C30H33N7O3. The number of likely N-dealkylation sites (N-methyl/N-ethyl adjacent to an activating group) is 1. The standard InChI is InChI=1S/C30H33N7O3/c1-4-10-36-28(38)24-14-31-29(34-27(24)37(36)25-6-5-18-7-9-30(2,39)26(18)33-25)32-21-12-19-15-35(3)11-8-22(19)23(13-21)20-16-40-17-20/h4-6,12-14,20,39H,1,7-11,15-17H2,2-3H3,(H,31,32,34)/t30-/m1/s1. The van der Waals surface area contributed by atoms with Crippen molar-refractivity contribution in [2.45, 2.75) is 50.8 Å². The normalized spacial score (nSPS) is 20.8. The Morgan fingerprint density at radius 1 is 1.23 bits per heavy atom. The first-order valence-electron chi connectivity index (χ1n) is 13.8. The Kier molecular flexibility index (Phi) is 5.88. The molecule has 0 radical (unpaired) electrons. The van der Waals surface area contributed by atoms with Gasteiger partial charge < -0.3 is 20.1 Å². The molecule has 10 heteroatoms. The molecular weight excluding hydrogens is 506 g/mol. The van der Waals surface area contributed by atoms with Gasteiger partial charge in [0.05, 0.1) is 25.5 Å². The molecule has 2 aliphatic heterocycles. The van der Waals surface area contributed by atoms with Crippen LogP contribution in [0.25, 0.3) is 16.9 Å². The molecule has 206 valence electrons. The van der Waals surface area contributed by atoms with Crippen molar-refractivity contribution in [3.05, 3.63) is 81.4 Å². The Bertz CT molecular complexity index is 1720. The van der Waals surface area contributed by atoms with Gasteiger partial charge in [-0.3, -0.25) is 4.79 Å². The zero-order chi connectivity index (χ0) is 27.6. The average Bonchev–Trinajstić information content (AvgIpc) is 3.35. The summed E-state index contributed by atoms with van der Waals surface area (Å²) < 4.78 is 8.78. The van der Waals surface area contributed by atoms with Crippen LogP contribution in [0.15, 0.2) is 47.9 Å². The molecule has 7 rings (SSSR count). The van der Waals surface area contributed by atoms with Crippen LogP contribution < -0.4 is 10.9 Å². The summed E-state index contributed by atoms with van der Waals surface area (Å²) in [5, 5.41) is 14.7. The number of ether oxygens (including phenoxy) is 1. The molecule has 1 aliphatic carbocycles. The van der Waals surface area contributed by atoms with Gasteiger partial charge in [0, 0.05) is 30.9 Å². The fourth-order valence-electron chi connectivity index (χ4n) is 6.22. The van der Waals surface area contributed by atoms with Crippen LogP contribution in [0.4, 0.5) is 11.6 Å². The smallest absolute Gasteiger partial charge is 0.278 e. The monoisotopic (exact) mass is 539 g/mol. The number of hydrogen-bond donors (Lipinski definition) is 2. The van der Waals surface area contributed by atoms with Gasteiger partial charge in [-0.1, -0.05) is 12.1 Å². The van der Waals surface area contributed by atoms with Gasteiger partial charge in [0.15, 0.2) is 11.5 Å². The van der Waals surface area contributed by atoms with E-state index >= 15 is 0 Å². The molecule has 0 unspecified atom stereocenters. The molecule has 40 heavy (non-hydrogen) atoms. The van der Waals surface area contributed by atoms with E-state index < -0.39 is 5.60 Å². The average molecular weight is 540 g/mol. The van der Waals surface area contributed by atoms with Crippen LogP contribution in [-0.4, -0.2) is 61.1 Å². The second-order valence-corrected chi connectivity index (χ2v) is 11.4. The number of allylic oxidation sites excluding steroid dienone is 1. The highest BCUT2D eigenvalue weighted by Crippen LogP contribution is 2.37. The quantitative estimate of drug-likeness (QED) is 0.360. The third-order valence-corrected chi connectivity index (χ3v) is 8.44. The third-order valence-electron chi connectivity index (χ3n) is 8.44. The van der Waals surface area contributed by atoms with E-state index in [-0.39, 0.29) is 12.1 Å². The highest BCUT2D eigenvalue weighted by atomic mass is 16.5. The molecule has 1 saturated heterocycles. The van der Waals surface area contributed by atoms with Crippen molar-refractivity contribution in [2.75, 3.05) is 32.1 Å². The van der Waals surface area contributed by atoms with Gasteiger partial charge >= 0.3 is 0 Å². The molecule has 0 spiro atoms. The van der Waals surface area contributed by atoms with Crippen LogP contribution in [-0.2, 0) is 36.3 Å². The Morgan fingerprint density at radius 3 is 2.85 bits per heavy atom. The maximum absolute atomic E-state index is 13.4. The maximum Gasteiger partial charge on any atom is 0.278 e. The van der Waals surface area contributed by atoms with E-state index in [2.05, 4.69) is 41.0 Å². The molecule has 3 aromatic heterocycles. The fourth-order valence-corrected chi connectivity index (χ4v) is 6.22. The number of aromatic nitrogens is 5. The summed E-state index contributed by atoms with van der Waals surface area (Å²) in [5.41, 5.74) is 5.87. The second kappa shape index (κ2) is 9.36. The van der Waals surface area contributed by atoms with Crippen LogP contribution in [0, 0.1) is 0 Å². The summed E-state index contributed by atoms with van der Waals surface area (Å²) in [6.07, 6.45) is 5.65. The summed E-state index contributed by atoms with van der Waals surface area (Å²) in [7, 11) is 2.14. The van der Waals surface area contributed by atoms with Gasteiger partial charge in [0.25, 0.3) is 5.56 Å². The highest BCUT2D eigenvalue weighted by molar-refractivity contribution is 5.77. The van der Waals surface area contributed by atoms with Gasteiger partial charge in [-0.25, -0.2) is 19.3 Å². The zero-order valence-electron chi connectivity index (χ0n) is 22.9. The number of nitrogens with zero attached hydrogens (tertiary/aromatic N) is 6. The van der Waals surface area contributed by atoms with Crippen LogP contribution in [0.2, 0.25) is 0 Å². The Hall–Kier alpha value is -3.86. The molecule has 0 saturated carbocycles. The number of hydrogen-bond acceptors (Lipinski definition) is 8. The van der Waals surface area contributed by atoms with Crippen molar-refractivity contribution in [1.29, 1.82) is 0 Å². The van der Waals surface area contributed by atoms with Crippen LogP contribution in [0.1, 0.15) is 47.2 Å². The predicted molar refractivity (Wildman–Crippen MR) is 152 cm³/mol. The number of nitrogens with one attached hydrogen (secondary N) is 1. The minimum Gasteiger partial charge on any atom is -0.384 e. The van der Waals surface area contributed by atoms with E-state index in [9.17, 15) is 9.90 Å².